The molecule has 200 valence electrons. The fraction of sp³-hybridized carbons (Fsp3) is 0.409. The van der Waals surface area contributed by atoms with E-state index in [-0.39, 0.29) is 46.2 Å². The van der Waals surface area contributed by atoms with Crippen molar-refractivity contribution in [2.45, 2.75) is 31.5 Å². The molecule has 1 aliphatic heterocycles. The maximum Gasteiger partial charge on any atom is 0.422 e. The van der Waals surface area contributed by atoms with E-state index in [9.17, 15) is 26.4 Å². The number of carbonyl (C=O) groups is 1. The smallest absolute Gasteiger partial charge is 0.422 e. The van der Waals surface area contributed by atoms with Crippen molar-refractivity contribution in [3.63, 3.8) is 0 Å². The summed E-state index contributed by atoms with van der Waals surface area (Å²) < 4.78 is 88.1. The van der Waals surface area contributed by atoms with E-state index < -0.39 is 57.3 Å². The van der Waals surface area contributed by atoms with Gasteiger partial charge in [0.25, 0.3) is 11.8 Å². The molecule has 0 spiro atoms. The van der Waals surface area contributed by atoms with Gasteiger partial charge in [-0.3, -0.25) is 4.79 Å². The SMILES string of the molecule is Cn1c(C(=O)NC2(C)CCS(=O)(=O)CC2)nc2c(F)c(Oc3ncc(Cl)cc3OCC(F)(F)F)ccc21. The molecule has 0 aliphatic carbocycles. The normalized spacial score (nSPS) is 16.9. The fourth-order valence-electron chi connectivity index (χ4n) is 3.79. The van der Waals surface area contributed by atoms with Gasteiger partial charge in [-0.2, -0.15) is 13.2 Å². The van der Waals surface area contributed by atoms with Gasteiger partial charge in [-0.1, -0.05) is 11.6 Å². The first-order valence-corrected chi connectivity index (χ1v) is 13.1. The lowest BCUT2D eigenvalue weighted by molar-refractivity contribution is -0.153. The highest BCUT2D eigenvalue weighted by atomic mass is 35.5. The van der Waals surface area contributed by atoms with Crippen LogP contribution in [0.3, 0.4) is 0 Å². The van der Waals surface area contributed by atoms with Crippen LogP contribution in [0.15, 0.2) is 24.4 Å². The Morgan fingerprint density at radius 2 is 1.92 bits per heavy atom. The molecule has 3 aromatic rings. The number of hydrogen-bond acceptors (Lipinski definition) is 7. The average Bonchev–Trinajstić information content (AvgIpc) is 3.15. The first-order chi connectivity index (χ1) is 17.2. The van der Waals surface area contributed by atoms with Gasteiger partial charge in [0.1, 0.15) is 15.4 Å². The number of imidazole rings is 1. The Morgan fingerprint density at radius 1 is 1.24 bits per heavy atom. The molecule has 3 heterocycles. The van der Waals surface area contributed by atoms with Crippen LogP contribution in [0.1, 0.15) is 30.4 Å². The number of halogens is 5. The van der Waals surface area contributed by atoms with Crippen molar-refractivity contribution in [1.29, 1.82) is 0 Å². The number of sulfone groups is 1. The third kappa shape index (κ3) is 6.06. The number of alkyl halides is 3. The fourth-order valence-corrected chi connectivity index (χ4v) is 5.66. The lowest BCUT2D eigenvalue weighted by atomic mass is 9.95. The number of amides is 1. The minimum absolute atomic E-state index is 0.0231. The van der Waals surface area contributed by atoms with Gasteiger partial charge in [0.05, 0.1) is 22.0 Å². The van der Waals surface area contributed by atoms with Crippen molar-refractivity contribution in [1.82, 2.24) is 19.9 Å². The van der Waals surface area contributed by atoms with Gasteiger partial charge in [0.2, 0.25) is 0 Å². The number of aryl methyl sites for hydroxylation is 1. The first kappa shape index (κ1) is 26.9. The zero-order valence-electron chi connectivity index (χ0n) is 19.5. The summed E-state index contributed by atoms with van der Waals surface area (Å²) in [4.78, 5) is 20.8. The number of fused-ring (bicyclic) bond motifs is 1. The minimum Gasteiger partial charge on any atom is -0.478 e. The number of pyridine rings is 1. The predicted molar refractivity (Wildman–Crippen MR) is 125 cm³/mol. The van der Waals surface area contributed by atoms with E-state index in [0.717, 1.165) is 12.3 Å². The number of aromatic nitrogens is 3. The van der Waals surface area contributed by atoms with Gasteiger partial charge >= 0.3 is 6.18 Å². The average molecular weight is 565 g/mol. The Bertz CT molecular complexity index is 1460. The molecule has 9 nitrogen and oxygen atoms in total. The molecule has 1 amide bonds. The van der Waals surface area contributed by atoms with E-state index >= 15 is 4.39 Å². The van der Waals surface area contributed by atoms with E-state index in [4.69, 9.17) is 21.1 Å². The molecule has 1 saturated heterocycles. The first-order valence-electron chi connectivity index (χ1n) is 10.9. The second-order valence-electron chi connectivity index (χ2n) is 8.87. The summed E-state index contributed by atoms with van der Waals surface area (Å²) >= 11 is 5.79. The third-order valence-electron chi connectivity index (χ3n) is 5.89. The number of nitrogens with one attached hydrogen (secondary N) is 1. The lowest BCUT2D eigenvalue weighted by Gasteiger charge is -2.34. The van der Waals surface area contributed by atoms with E-state index in [1.165, 1.54) is 23.7 Å². The van der Waals surface area contributed by atoms with Crippen molar-refractivity contribution in [3.05, 3.63) is 41.1 Å². The molecule has 1 fully saturated rings. The quantitative estimate of drug-likeness (QED) is 0.447. The summed E-state index contributed by atoms with van der Waals surface area (Å²) in [6.45, 7) is 0.0861. The van der Waals surface area contributed by atoms with Crippen molar-refractivity contribution in [2.24, 2.45) is 7.05 Å². The summed E-state index contributed by atoms with van der Waals surface area (Å²) in [7, 11) is -1.65. The Kier molecular flexibility index (Phi) is 7.01. The molecule has 0 unspecified atom stereocenters. The zero-order chi connectivity index (χ0) is 27.2. The number of rotatable bonds is 6. The second-order valence-corrected chi connectivity index (χ2v) is 11.6. The van der Waals surface area contributed by atoms with Crippen LogP contribution >= 0.6 is 11.6 Å². The van der Waals surface area contributed by atoms with Gasteiger partial charge < -0.3 is 19.4 Å². The van der Waals surface area contributed by atoms with Crippen molar-refractivity contribution in [3.8, 4) is 17.4 Å². The van der Waals surface area contributed by atoms with Crippen LogP contribution in [0, 0.1) is 5.82 Å². The number of benzene rings is 1. The summed E-state index contributed by atoms with van der Waals surface area (Å²) in [6.07, 6.45) is -3.10. The van der Waals surface area contributed by atoms with Crippen LogP contribution in [0.4, 0.5) is 17.6 Å². The molecule has 0 radical (unpaired) electrons. The highest BCUT2D eigenvalue weighted by molar-refractivity contribution is 7.91. The molecular weight excluding hydrogens is 544 g/mol. The summed E-state index contributed by atoms with van der Waals surface area (Å²) in [5.74, 6) is -3.18. The lowest BCUT2D eigenvalue weighted by Crippen LogP contribution is -2.51. The molecular formula is C22H21ClF4N4O5S. The van der Waals surface area contributed by atoms with Crippen molar-refractivity contribution >= 4 is 38.4 Å². The minimum atomic E-state index is -4.64. The Labute approximate surface area is 213 Å². The van der Waals surface area contributed by atoms with Gasteiger partial charge in [0, 0.05) is 24.8 Å². The van der Waals surface area contributed by atoms with Crippen LogP contribution in [0.25, 0.3) is 11.0 Å². The van der Waals surface area contributed by atoms with Crippen LogP contribution in [-0.2, 0) is 16.9 Å². The second kappa shape index (κ2) is 9.63. The van der Waals surface area contributed by atoms with Gasteiger partial charge in [0.15, 0.2) is 29.7 Å². The van der Waals surface area contributed by atoms with Crippen LogP contribution < -0.4 is 14.8 Å². The molecule has 1 N–H and O–H groups in total. The van der Waals surface area contributed by atoms with E-state index in [2.05, 4.69) is 15.3 Å². The largest absolute Gasteiger partial charge is 0.478 e. The van der Waals surface area contributed by atoms with E-state index in [0.29, 0.717) is 0 Å². The zero-order valence-corrected chi connectivity index (χ0v) is 21.1. The highest BCUT2D eigenvalue weighted by Crippen LogP contribution is 2.36. The maximum atomic E-state index is 15.3. The molecule has 1 aliphatic rings. The Balaban J connectivity index is 1.60. The topological polar surface area (TPSA) is 112 Å². The van der Waals surface area contributed by atoms with Crippen molar-refractivity contribution < 1.29 is 40.2 Å². The van der Waals surface area contributed by atoms with Crippen LogP contribution in [0.5, 0.6) is 17.4 Å². The van der Waals surface area contributed by atoms with Gasteiger partial charge in [-0.25, -0.2) is 22.8 Å². The summed E-state index contributed by atoms with van der Waals surface area (Å²) in [5.41, 5.74) is -0.766. The summed E-state index contributed by atoms with van der Waals surface area (Å²) in [5, 5.41) is 2.77. The summed E-state index contributed by atoms with van der Waals surface area (Å²) in [6, 6.07) is 3.67. The van der Waals surface area contributed by atoms with E-state index in [1.807, 2.05) is 0 Å². The molecule has 0 atom stereocenters. The molecule has 37 heavy (non-hydrogen) atoms. The molecule has 1 aromatic carbocycles. The molecule has 2 aromatic heterocycles. The number of hydrogen-bond donors (Lipinski definition) is 1. The Morgan fingerprint density at radius 3 is 2.57 bits per heavy atom. The van der Waals surface area contributed by atoms with Crippen molar-refractivity contribution in [2.75, 3.05) is 18.1 Å². The molecule has 0 bridgehead atoms. The molecule has 4 rings (SSSR count). The van der Waals surface area contributed by atoms with Gasteiger partial charge in [-0.15, -0.1) is 0 Å². The Hall–Kier alpha value is -3.13. The van der Waals surface area contributed by atoms with Crippen LogP contribution in [0.2, 0.25) is 5.02 Å². The molecule has 15 heteroatoms. The third-order valence-corrected chi connectivity index (χ3v) is 7.75. The molecule has 0 saturated carbocycles. The predicted octanol–water partition coefficient (Wildman–Crippen LogP) is 4.19. The highest BCUT2D eigenvalue weighted by Gasteiger charge is 2.36. The monoisotopic (exact) mass is 564 g/mol. The standard InChI is InChI=1S/C22H21ClF4N4O5S/c1-21(5-7-37(33,34)8-6-21)30-19(32)18-29-17-13(31(18)2)3-4-14(16(17)24)36-20-15(9-12(23)10-28-20)35-11-22(25,26)27/h3-4,9-10H,5-8,11H2,1-2H3,(H,30,32). The van der Waals surface area contributed by atoms with Crippen LogP contribution in [-0.4, -0.2) is 58.7 Å². The van der Waals surface area contributed by atoms with Gasteiger partial charge in [-0.05, 0) is 31.9 Å². The number of nitrogens with zero attached hydrogens (tertiary/aromatic N) is 3. The maximum absolute atomic E-state index is 15.3. The number of carbonyl (C=O) groups excluding carboxylic acids is 1. The number of ether oxygens (including phenoxy) is 2. The van der Waals surface area contributed by atoms with E-state index in [1.54, 1.807) is 6.92 Å².